The molecule has 2 fully saturated rings. The van der Waals surface area contributed by atoms with E-state index < -0.39 is 17.5 Å². The van der Waals surface area contributed by atoms with Crippen LogP contribution in [0.1, 0.15) is 35.7 Å². The van der Waals surface area contributed by atoms with Crippen molar-refractivity contribution in [2.45, 2.75) is 31.3 Å². The summed E-state index contributed by atoms with van der Waals surface area (Å²) in [4.78, 5) is 37.5. The zero-order valence-electron chi connectivity index (χ0n) is 13.0. The molecular formula is C16H20N4O3. The van der Waals surface area contributed by atoms with E-state index in [2.05, 4.69) is 10.6 Å². The molecule has 0 aromatic heterocycles. The molecule has 2 atom stereocenters. The first-order chi connectivity index (χ1) is 10.9. The minimum Gasteiger partial charge on any atom is -0.337 e. The van der Waals surface area contributed by atoms with E-state index in [0.717, 1.165) is 12.8 Å². The van der Waals surface area contributed by atoms with Gasteiger partial charge in [-0.1, -0.05) is 12.1 Å². The maximum Gasteiger partial charge on any atom is 0.322 e. The highest BCUT2D eigenvalue weighted by Crippen LogP contribution is 2.25. The van der Waals surface area contributed by atoms with Crippen LogP contribution in [-0.2, 0) is 10.3 Å². The molecular weight excluding hydrogens is 296 g/mol. The van der Waals surface area contributed by atoms with Crippen LogP contribution in [0.2, 0.25) is 0 Å². The van der Waals surface area contributed by atoms with Crippen molar-refractivity contribution in [1.29, 1.82) is 0 Å². The number of hydrogen-bond acceptors (Lipinski definition) is 4. The molecule has 4 N–H and O–H groups in total. The summed E-state index contributed by atoms with van der Waals surface area (Å²) in [5.41, 5.74) is 5.99. The number of carbonyl (C=O) groups excluding carboxylic acids is 3. The molecule has 0 aliphatic carbocycles. The lowest BCUT2D eigenvalue weighted by Gasteiger charge is -2.31. The number of nitrogens with two attached hydrogens (primary N) is 1. The standard InChI is InChI=1S/C16H20N4O3/c1-16(14(22)18-15(23)19-16)11-6-4-10(5-7-11)13(21)20-8-2-3-12(17)9-20/h4-7,12H,2-3,8-9,17H2,1H3,(H2,18,19,22,23)/t12-,16-/m1/s1. The molecule has 0 saturated carbocycles. The fourth-order valence-electron chi connectivity index (χ4n) is 3.07. The van der Waals surface area contributed by atoms with Gasteiger partial charge < -0.3 is 16.0 Å². The van der Waals surface area contributed by atoms with Gasteiger partial charge in [0.2, 0.25) is 0 Å². The van der Waals surface area contributed by atoms with Gasteiger partial charge in [-0.25, -0.2) is 4.79 Å². The van der Waals surface area contributed by atoms with Crippen molar-refractivity contribution in [1.82, 2.24) is 15.5 Å². The van der Waals surface area contributed by atoms with Crippen LogP contribution in [0, 0.1) is 0 Å². The molecule has 2 aliphatic rings. The van der Waals surface area contributed by atoms with Gasteiger partial charge in [0, 0.05) is 24.7 Å². The number of likely N-dealkylation sites (tertiary alicyclic amines) is 1. The number of nitrogens with one attached hydrogen (secondary N) is 2. The van der Waals surface area contributed by atoms with Crippen molar-refractivity contribution >= 4 is 17.8 Å². The van der Waals surface area contributed by atoms with E-state index in [0.29, 0.717) is 24.2 Å². The van der Waals surface area contributed by atoms with Crippen LogP contribution in [0.4, 0.5) is 4.79 Å². The van der Waals surface area contributed by atoms with Gasteiger partial charge >= 0.3 is 6.03 Å². The van der Waals surface area contributed by atoms with E-state index in [-0.39, 0.29) is 11.9 Å². The smallest absolute Gasteiger partial charge is 0.322 e. The summed E-state index contributed by atoms with van der Waals surface area (Å²) < 4.78 is 0. The van der Waals surface area contributed by atoms with Crippen LogP contribution < -0.4 is 16.4 Å². The number of carbonyl (C=O) groups is 3. The highest BCUT2D eigenvalue weighted by molar-refractivity contribution is 6.07. The van der Waals surface area contributed by atoms with Gasteiger partial charge in [0.25, 0.3) is 11.8 Å². The Labute approximate surface area is 134 Å². The third-order valence-electron chi connectivity index (χ3n) is 4.50. The first-order valence-corrected chi connectivity index (χ1v) is 7.69. The molecule has 0 radical (unpaired) electrons. The molecule has 1 aromatic rings. The van der Waals surface area contributed by atoms with Crippen molar-refractivity contribution < 1.29 is 14.4 Å². The zero-order chi connectivity index (χ0) is 16.6. The third-order valence-corrected chi connectivity index (χ3v) is 4.50. The number of hydrogen-bond donors (Lipinski definition) is 3. The Hall–Kier alpha value is -2.41. The van der Waals surface area contributed by atoms with Gasteiger partial charge in [0.1, 0.15) is 5.54 Å². The van der Waals surface area contributed by atoms with Crippen molar-refractivity contribution in [2.75, 3.05) is 13.1 Å². The summed E-state index contributed by atoms with van der Waals surface area (Å²) in [7, 11) is 0. The molecule has 2 aliphatic heterocycles. The largest absolute Gasteiger partial charge is 0.337 e. The van der Waals surface area contributed by atoms with Crippen LogP contribution in [0.3, 0.4) is 0 Å². The Kier molecular flexibility index (Phi) is 3.81. The SMILES string of the molecule is C[C@]1(c2ccc(C(=O)N3CCC[C@@H](N)C3)cc2)NC(=O)NC1=O. The number of amides is 4. The molecule has 4 amide bonds. The number of rotatable bonds is 2. The zero-order valence-corrected chi connectivity index (χ0v) is 13.0. The molecule has 2 saturated heterocycles. The Morgan fingerprint density at radius 3 is 2.57 bits per heavy atom. The predicted molar refractivity (Wildman–Crippen MR) is 83.6 cm³/mol. The van der Waals surface area contributed by atoms with Gasteiger partial charge in [0.15, 0.2) is 0 Å². The second kappa shape index (κ2) is 5.66. The number of piperidine rings is 1. The molecule has 1 aromatic carbocycles. The van der Waals surface area contributed by atoms with Crippen LogP contribution in [0.5, 0.6) is 0 Å². The summed E-state index contributed by atoms with van der Waals surface area (Å²) in [6, 6.07) is 6.27. The topological polar surface area (TPSA) is 105 Å². The van der Waals surface area contributed by atoms with Crippen LogP contribution >= 0.6 is 0 Å². The normalized spacial score (nSPS) is 27.6. The second-order valence-electron chi connectivity index (χ2n) is 6.26. The lowest BCUT2D eigenvalue weighted by atomic mass is 9.91. The molecule has 0 spiro atoms. The van der Waals surface area contributed by atoms with Gasteiger partial charge in [0.05, 0.1) is 0 Å². The summed E-state index contributed by atoms with van der Waals surface area (Å²) in [5, 5.41) is 4.82. The van der Waals surface area contributed by atoms with Gasteiger partial charge in [-0.05, 0) is 37.5 Å². The monoisotopic (exact) mass is 316 g/mol. The average molecular weight is 316 g/mol. The van der Waals surface area contributed by atoms with Gasteiger partial charge in [-0.3, -0.25) is 14.9 Å². The van der Waals surface area contributed by atoms with E-state index in [4.69, 9.17) is 5.73 Å². The van der Waals surface area contributed by atoms with Crippen molar-refractivity contribution in [2.24, 2.45) is 5.73 Å². The number of urea groups is 1. The predicted octanol–water partition coefficient (Wildman–Crippen LogP) is 0.305. The third kappa shape index (κ3) is 2.79. The fraction of sp³-hybridized carbons (Fsp3) is 0.438. The van der Waals surface area contributed by atoms with E-state index >= 15 is 0 Å². The van der Waals surface area contributed by atoms with Gasteiger partial charge in [-0.15, -0.1) is 0 Å². The first-order valence-electron chi connectivity index (χ1n) is 7.69. The maximum atomic E-state index is 12.5. The Morgan fingerprint density at radius 2 is 2.00 bits per heavy atom. The van der Waals surface area contributed by atoms with Crippen LogP contribution in [-0.4, -0.2) is 41.9 Å². The van der Waals surface area contributed by atoms with Crippen LogP contribution in [0.25, 0.3) is 0 Å². The lowest BCUT2D eigenvalue weighted by Crippen LogP contribution is -2.45. The number of imide groups is 1. The minimum atomic E-state index is -1.11. The molecule has 3 rings (SSSR count). The Morgan fingerprint density at radius 1 is 1.30 bits per heavy atom. The van der Waals surface area contributed by atoms with Crippen molar-refractivity contribution in [3.05, 3.63) is 35.4 Å². The van der Waals surface area contributed by atoms with Crippen LogP contribution in [0.15, 0.2) is 24.3 Å². The highest BCUT2D eigenvalue weighted by Gasteiger charge is 2.43. The Bertz CT molecular complexity index is 658. The number of benzene rings is 1. The van der Waals surface area contributed by atoms with Crippen molar-refractivity contribution in [3.63, 3.8) is 0 Å². The summed E-state index contributed by atoms with van der Waals surface area (Å²) >= 11 is 0. The van der Waals surface area contributed by atoms with E-state index in [9.17, 15) is 14.4 Å². The Balaban J connectivity index is 1.78. The summed E-state index contributed by atoms with van der Waals surface area (Å²) in [6.45, 7) is 2.91. The molecule has 2 heterocycles. The quantitative estimate of drug-likeness (QED) is 0.683. The number of nitrogens with zero attached hydrogens (tertiary/aromatic N) is 1. The molecule has 7 nitrogen and oxygen atoms in total. The molecule has 23 heavy (non-hydrogen) atoms. The lowest BCUT2D eigenvalue weighted by molar-refractivity contribution is -0.123. The summed E-state index contributed by atoms with van der Waals surface area (Å²) in [5.74, 6) is -0.458. The first kappa shape index (κ1) is 15.5. The molecule has 122 valence electrons. The van der Waals surface area contributed by atoms with Crippen molar-refractivity contribution in [3.8, 4) is 0 Å². The molecule has 0 bridgehead atoms. The molecule has 0 unspecified atom stereocenters. The fourth-order valence-corrected chi connectivity index (χ4v) is 3.07. The summed E-state index contributed by atoms with van der Waals surface area (Å²) in [6.07, 6.45) is 1.85. The molecule has 7 heteroatoms. The highest BCUT2D eigenvalue weighted by atomic mass is 16.2. The average Bonchev–Trinajstić information content (AvgIpc) is 2.80. The van der Waals surface area contributed by atoms with E-state index in [1.54, 1.807) is 36.1 Å². The van der Waals surface area contributed by atoms with Gasteiger partial charge in [-0.2, -0.15) is 0 Å². The maximum absolute atomic E-state index is 12.5. The van der Waals surface area contributed by atoms with E-state index in [1.165, 1.54) is 0 Å². The minimum absolute atomic E-state index is 0.0308. The van der Waals surface area contributed by atoms with E-state index in [1.807, 2.05) is 0 Å². The second-order valence-corrected chi connectivity index (χ2v) is 6.26.